The summed E-state index contributed by atoms with van der Waals surface area (Å²) < 4.78 is 13.3. The number of amides is 1. The topological polar surface area (TPSA) is 95.1 Å². The predicted molar refractivity (Wildman–Crippen MR) is 107 cm³/mol. The molecule has 0 spiro atoms. The number of carbonyl (C=O) groups is 1. The summed E-state index contributed by atoms with van der Waals surface area (Å²) in [6.07, 6.45) is 0.640. The number of aromatic nitrogens is 4. The molecule has 1 N–H and O–H groups in total. The molecular weight excluding hydrogens is 461 g/mol. The van der Waals surface area contributed by atoms with Gasteiger partial charge < -0.3 is 14.6 Å². The number of benzene rings is 1. The smallest absolute Gasteiger partial charge is 0.316 e. The fraction of sp³-hybridized carbons (Fsp3) is 0.333. The van der Waals surface area contributed by atoms with Gasteiger partial charge in [-0.25, -0.2) is 0 Å². The number of rotatable bonds is 7. The van der Waals surface area contributed by atoms with Crippen LogP contribution >= 0.6 is 22.6 Å². The van der Waals surface area contributed by atoms with Crippen molar-refractivity contribution < 1.29 is 14.1 Å². The van der Waals surface area contributed by atoms with E-state index in [0.29, 0.717) is 25.3 Å². The minimum Gasteiger partial charge on any atom is -0.496 e. The normalized spacial score (nSPS) is 10.8. The zero-order chi connectivity index (χ0) is 19.4. The lowest BCUT2D eigenvalue weighted by atomic mass is 10.1. The predicted octanol–water partition coefficient (Wildman–Crippen LogP) is 2.52. The van der Waals surface area contributed by atoms with E-state index in [-0.39, 0.29) is 5.89 Å². The molecule has 1 amide bonds. The molecule has 0 aliphatic heterocycles. The summed E-state index contributed by atoms with van der Waals surface area (Å²) in [6.45, 7) is 4.72. The van der Waals surface area contributed by atoms with Gasteiger partial charge in [-0.15, -0.1) is 0 Å². The number of halogens is 1. The first-order valence-electron chi connectivity index (χ1n) is 8.41. The molecule has 2 aromatic heterocycles. The minimum absolute atomic E-state index is 0.0544. The molecule has 27 heavy (non-hydrogen) atoms. The van der Waals surface area contributed by atoms with Gasteiger partial charge in [0.15, 0.2) is 5.82 Å². The van der Waals surface area contributed by atoms with Crippen molar-refractivity contribution >= 4 is 28.5 Å². The standard InChI is InChI=1S/C18H20IN5O3/c1-11-16(19)12(2)24(22-11)10-15-21-18(27-23-15)17(25)20-9-8-13-6-4-5-7-14(13)26-3/h4-7H,8-10H2,1-3H3,(H,20,25). The van der Waals surface area contributed by atoms with Gasteiger partial charge in [0.2, 0.25) is 0 Å². The monoisotopic (exact) mass is 481 g/mol. The Hall–Kier alpha value is -2.43. The largest absolute Gasteiger partial charge is 0.496 e. The third kappa shape index (κ3) is 4.46. The first kappa shape index (κ1) is 19.3. The van der Waals surface area contributed by atoms with Crippen LogP contribution < -0.4 is 10.1 Å². The van der Waals surface area contributed by atoms with Crippen molar-refractivity contribution in [1.82, 2.24) is 25.2 Å². The summed E-state index contributed by atoms with van der Waals surface area (Å²) in [5.74, 6) is 0.756. The number of nitrogens with zero attached hydrogens (tertiary/aromatic N) is 4. The van der Waals surface area contributed by atoms with Crippen molar-refractivity contribution in [2.75, 3.05) is 13.7 Å². The molecule has 0 radical (unpaired) electrons. The van der Waals surface area contributed by atoms with Crippen molar-refractivity contribution in [2.45, 2.75) is 26.8 Å². The third-order valence-electron chi connectivity index (χ3n) is 4.12. The Balaban J connectivity index is 1.57. The van der Waals surface area contributed by atoms with Crippen molar-refractivity contribution in [1.29, 1.82) is 0 Å². The maximum Gasteiger partial charge on any atom is 0.316 e. The van der Waals surface area contributed by atoms with E-state index in [1.54, 1.807) is 11.8 Å². The number of para-hydroxylation sites is 1. The van der Waals surface area contributed by atoms with Crippen LogP contribution in [0.4, 0.5) is 0 Å². The zero-order valence-corrected chi connectivity index (χ0v) is 17.5. The Bertz CT molecular complexity index is 950. The molecule has 0 saturated carbocycles. The van der Waals surface area contributed by atoms with E-state index in [0.717, 1.165) is 26.3 Å². The van der Waals surface area contributed by atoms with Crippen LogP contribution in [0.2, 0.25) is 0 Å². The SMILES string of the molecule is COc1ccccc1CCNC(=O)c1nc(Cn2nc(C)c(I)c2C)no1. The lowest BCUT2D eigenvalue weighted by Gasteiger charge is -2.08. The second-order valence-corrected chi connectivity index (χ2v) is 7.05. The van der Waals surface area contributed by atoms with Crippen molar-refractivity contribution in [3.05, 3.63) is 56.5 Å². The van der Waals surface area contributed by atoms with E-state index >= 15 is 0 Å². The van der Waals surface area contributed by atoms with E-state index in [1.807, 2.05) is 38.1 Å². The maximum absolute atomic E-state index is 12.2. The Kier molecular flexibility index (Phi) is 6.09. The molecule has 0 bridgehead atoms. The molecule has 0 aliphatic carbocycles. The van der Waals surface area contributed by atoms with E-state index in [1.165, 1.54) is 0 Å². The molecule has 142 valence electrons. The highest BCUT2D eigenvalue weighted by molar-refractivity contribution is 14.1. The zero-order valence-electron chi connectivity index (χ0n) is 15.3. The molecule has 8 nitrogen and oxygen atoms in total. The molecule has 2 heterocycles. The van der Waals surface area contributed by atoms with Gasteiger partial charge in [0.05, 0.1) is 16.4 Å². The molecule has 0 atom stereocenters. The number of aryl methyl sites for hydroxylation is 1. The molecule has 0 saturated heterocycles. The minimum atomic E-state index is -0.397. The van der Waals surface area contributed by atoms with Crippen LogP contribution in [0.5, 0.6) is 5.75 Å². The van der Waals surface area contributed by atoms with Crippen molar-refractivity contribution in [3.8, 4) is 5.75 Å². The van der Waals surface area contributed by atoms with Gasteiger partial charge >= 0.3 is 11.8 Å². The Morgan fingerprint density at radius 1 is 1.33 bits per heavy atom. The van der Waals surface area contributed by atoms with Gasteiger partial charge in [0.1, 0.15) is 12.3 Å². The fourth-order valence-corrected chi connectivity index (χ4v) is 3.06. The average molecular weight is 481 g/mol. The van der Waals surface area contributed by atoms with E-state index in [4.69, 9.17) is 9.26 Å². The lowest BCUT2D eigenvalue weighted by molar-refractivity contribution is 0.0910. The molecule has 0 aliphatic rings. The summed E-state index contributed by atoms with van der Waals surface area (Å²) in [5, 5.41) is 11.1. The van der Waals surface area contributed by atoms with Crippen LogP contribution in [-0.2, 0) is 13.0 Å². The van der Waals surface area contributed by atoms with E-state index in [9.17, 15) is 4.79 Å². The van der Waals surface area contributed by atoms with Crippen molar-refractivity contribution in [3.63, 3.8) is 0 Å². The second kappa shape index (κ2) is 8.51. The highest BCUT2D eigenvalue weighted by Crippen LogP contribution is 2.17. The summed E-state index contributed by atoms with van der Waals surface area (Å²) in [4.78, 5) is 16.4. The molecular formula is C18H20IN5O3. The molecule has 0 unspecified atom stereocenters. The Morgan fingerprint density at radius 3 is 2.81 bits per heavy atom. The van der Waals surface area contributed by atoms with Crippen LogP contribution in [0.3, 0.4) is 0 Å². The summed E-state index contributed by atoms with van der Waals surface area (Å²) in [6, 6.07) is 7.70. The van der Waals surface area contributed by atoms with Gasteiger partial charge in [-0.05, 0) is 54.5 Å². The quantitative estimate of drug-likeness (QED) is 0.522. The molecule has 3 rings (SSSR count). The Morgan fingerprint density at radius 2 is 2.11 bits per heavy atom. The van der Waals surface area contributed by atoms with E-state index in [2.05, 4.69) is 43.1 Å². The lowest BCUT2D eigenvalue weighted by Crippen LogP contribution is -2.26. The van der Waals surface area contributed by atoms with Gasteiger partial charge in [0, 0.05) is 12.2 Å². The molecule has 1 aromatic carbocycles. The fourth-order valence-electron chi connectivity index (χ4n) is 2.67. The van der Waals surface area contributed by atoms with Gasteiger partial charge in [0.25, 0.3) is 0 Å². The van der Waals surface area contributed by atoms with Crippen LogP contribution in [-0.4, -0.2) is 39.5 Å². The Labute approximate surface area is 170 Å². The number of carbonyl (C=O) groups excluding carboxylic acids is 1. The summed E-state index contributed by atoms with van der Waals surface area (Å²) in [5.41, 5.74) is 3.00. The van der Waals surface area contributed by atoms with Crippen LogP contribution in [0.1, 0.15) is 33.5 Å². The van der Waals surface area contributed by atoms with Gasteiger partial charge in [-0.2, -0.15) is 10.1 Å². The van der Waals surface area contributed by atoms with Crippen LogP contribution in [0, 0.1) is 17.4 Å². The molecule has 3 aromatic rings. The number of hydrogen-bond donors (Lipinski definition) is 1. The van der Waals surface area contributed by atoms with Gasteiger partial charge in [-0.1, -0.05) is 23.4 Å². The number of hydrogen-bond acceptors (Lipinski definition) is 6. The summed E-state index contributed by atoms with van der Waals surface area (Å²) >= 11 is 2.25. The maximum atomic E-state index is 12.2. The highest BCUT2D eigenvalue weighted by Gasteiger charge is 2.17. The molecule has 9 heteroatoms. The second-order valence-electron chi connectivity index (χ2n) is 5.98. The number of ether oxygens (including phenoxy) is 1. The highest BCUT2D eigenvalue weighted by atomic mass is 127. The first-order valence-corrected chi connectivity index (χ1v) is 9.49. The van der Waals surface area contributed by atoms with Crippen LogP contribution in [0.25, 0.3) is 0 Å². The van der Waals surface area contributed by atoms with Crippen molar-refractivity contribution in [2.24, 2.45) is 0 Å². The average Bonchev–Trinajstić information content (AvgIpc) is 3.23. The number of methoxy groups -OCH3 is 1. The van der Waals surface area contributed by atoms with Gasteiger partial charge in [-0.3, -0.25) is 9.48 Å². The number of nitrogens with one attached hydrogen (secondary N) is 1. The third-order valence-corrected chi connectivity index (χ3v) is 5.68. The van der Waals surface area contributed by atoms with E-state index < -0.39 is 5.91 Å². The summed E-state index contributed by atoms with van der Waals surface area (Å²) in [7, 11) is 1.63. The first-order chi connectivity index (χ1) is 13.0. The molecule has 0 fully saturated rings. The van der Waals surface area contributed by atoms with Crippen LogP contribution in [0.15, 0.2) is 28.8 Å².